The van der Waals surface area contributed by atoms with E-state index in [9.17, 15) is 9.18 Å². The summed E-state index contributed by atoms with van der Waals surface area (Å²) in [4.78, 5) is 16.2. The van der Waals surface area contributed by atoms with E-state index >= 15 is 0 Å². The molecule has 0 saturated carbocycles. The first-order chi connectivity index (χ1) is 8.97. The van der Waals surface area contributed by atoms with Gasteiger partial charge in [-0.1, -0.05) is 0 Å². The lowest BCUT2D eigenvalue weighted by atomic mass is 10.1. The van der Waals surface area contributed by atoms with Crippen molar-refractivity contribution in [2.45, 2.75) is 6.42 Å². The topological polar surface area (TPSA) is 23.6 Å². The van der Waals surface area contributed by atoms with Crippen LogP contribution in [-0.2, 0) is 0 Å². The van der Waals surface area contributed by atoms with Crippen molar-refractivity contribution in [2.24, 2.45) is 5.92 Å². The van der Waals surface area contributed by atoms with E-state index in [0.717, 1.165) is 26.1 Å². The molecule has 1 fully saturated rings. The lowest BCUT2D eigenvalue weighted by molar-refractivity contribution is 0.0773. The molecule has 5 heteroatoms. The second-order valence-corrected chi connectivity index (χ2v) is 6.09. The van der Waals surface area contributed by atoms with Crippen molar-refractivity contribution in [2.75, 3.05) is 33.7 Å². The number of carbonyl (C=O) groups excluding carboxylic acids is 1. The van der Waals surface area contributed by atoms with Crippen molar-refractivity contribution in [3.8, 4) is 0 Å². The van der Waals surface area contributed by atoms with Crippen molar-refractivity contribution < 1.29 is 9.18 Å². The fourth-order valence-corrected chi connectivity index (χ4v) is 2.74. The van der Waals surface area contributed by atoms with Gasteiger partial charge in [-0.3, -0.25) is 4.79 Å². The van der Waals surface area contributed by atoms with E-state index < -0.39 is 5.82 Å². The van der Waals surface area contributed by atoms with Gasteiger partial charge < -0.3 is 9.80 Å². The number of hydrogen-bond donors (Lipinski definition) is 0. The first-order valence-corrected chi connectivity index (χ1v) is 7.15. The number of likely N-dealkylation sites (tertiary alicyclic amines) is 1. The molecule has 1 saturated heterocycles. The fourth-order valence-electron chi connectivity index (χ4n) is 2.50. The number of amides is 1. The molecule has 1 heterocycles. The minimum Gasteiger partial charge on any atom is -0.341 e. The SMILES string of the molecule is CN1CC[C@@H](CN(C)C(=O)c2ccc(Br)c(F)c2)C1. The molecule has 0 spiro atoms. The minimum absolute atomic E-state index is 0.124. The quantitative estimate of drug-likeness (QED) is 0.851. The van der Waals surface area contributed by atoms with E-state index in [1.807, 2.05) is 0 Å². The highest BCUT2D eigenvalue weighted by Crippen LogP contribution is 2.19. The fraction of sp³-hybridized carbons (Fsp3) is 0.500. The van der Waals surface area contributed by atoms with Crippen LogP contribution in [0.1, 0.15) is 16.8 Å². The van der Waals surface area contributed by atoms with Gasteiger partial charge in [-0.15, -0.1) is 0 Å². The van der Waals surface area contributed by atoms with Crippen LogP contribution in [0.15, 0.2) is 22.7 Å². The third-order valence-electron chi connectivity index (χ3n) is 3.53. The second kappa shape index (κ2) is 6.01. The number of benzene rings is 1. The highest BCUT2D eigenvalue weighted by atomic mass is 79.9. The van der Waals surface area contributed by atoms with Crippen LogP contribution in [0.5, 0.6) is 0 Å². The van der Waals surface area contributed by atoms with Crippen LogP contribution in [0.2, 0.25) is 0 Å². The number of carbonyl (C=O) groups is 1. The number of nitrogens with zero attached hydrogens (tertiary/aromatic N) is 2. The Hall–Kier alpha value is -0.940. The Kier molecular flexibility index (Phi) is 4.58. The number of rotatable bonds is 3. The van der Waals surface area contributed by atoms with Gasteiger partial charge in [-0.05, 0) is 60.1 Å². The molecule has 2 rings (SSSR count). The number of halogens is 2. The Balaban J connectivity index is 2.00. The maximum Gasteiger partial charge on any atom is 0.253 e. The van der Waals surface area contributed by atoms with Gasteiger partial charge in [0.05, 0.1) is 4.47 Å². The van der Waals surface area contributed by atoms with E-state index in [0.29, 0.717) is 16.0 Å². The van der Waals surface area contributed by atoms with Gasteiger partial charge in [-0.25, -0.2) is 4.39 Å². The highest BCUT2D eigenvalue weighted by Gasteiger charge is 2.23. The molecule has 1 aliphatic heterocycles. The summed E-state index contributed by atoms with van der Waals surface area (Å²) in [5, 5.41) is 0. The summed E-state index contributed by atoms with van der Waals surface area (Å²) < 4.78 is 13.8. The zero-order valence-electron chi connectivity index (χ0n) is 11.2. The van der Waals surface area contributed by atoms with Crippen molar-refractivity contribution in [3.05, 3.63) is 34.1 Å². The van der Waals surface area contributed by atoms with Gasteiger partial charge >= 0.3 is 0 Å². The minimum atomic E-state index is -0.403. The summed E-state index contributed by atoms with van der Waals surface area (Å²) in [6.07, 6.45) is 1.11. The van der Waals surface area contributed by atoms with Gasteiger partial charge in [0.25, 0.3) is 5.91 Å². The average Bonchev–Trinajstić information content (AvgIpc) is 2.77. The normalized spacial score (nSPS) is 19.7. The molecule has 104 valence electrons. The molecule has 1 amide bonds. The molecular weight excluding hydrogens is 311 g/mol. The van der Waals surface area contributed by atoms with Crippen molar-refractivity contribution in [1.29, 1.82) is 0 Å². The van der Waals surface area contributed by atoms with Crippen LogP contribution in [0.4, 0.5) is 4.39 Å². The Morgan fingerprint density at radius 3 is 2.89 bits per heavy atom. The van der Waals surface area contributed by atoms with E-state index in [1.165, 1.54) is 6.07 Å². The standard InChI is InChI=1S/C14H18BrFN2O/c1-17-6-5-10(8-17)9-18(2)14(19)11-3-4-12(15)13(16)7-11/h3-4,7,10H,5-6,8-9H2,1-2H3/t10-/m1/s1. The molecule has 0 aliphatic carbocycles. The van der Waals surface area contributed by atoms with Crippen LogP contribution < -0.4 is 0 Å². The second-order valence-electron chi connectivity index (χ2n) is 5.23. The van der Waals surface area contributed by atoms with E-state index in [-0.39, 0.29) is 5.91 Å². The van der Waals surface area contributed by atoms with Gasteiger partial charge in [0, 0.05) is 25.7 Å². The first kappa shape index (κ1) is 14.5. The average molecular weight is 329 g/mol. The predicted octanol–water partition coefficient (Wildman–Crippen LogP) is 2.61. The summed E-state index contributed by atoms with van der Waals surface area (Å²) in [5.41, 5.74) is 0.398. The van der Waals surface area contributed by atoms with Crippen molar-refractivity contribution in [3.63, 3.8) is 0 Å². The third-order valence-corrected chi connectivity index (χ3v) is 4.18. The third kappa shape index (κ3) is 3.54. The summed E-state index contributed by atoms with van der Waals surface area (Å²) in [7, 11) is 3.87. The summed E-state index contributed by atoms with van der Waals surface area (Å²) in [6.45, 7) is 2.83. The molecule has 0 bridgehead atoms. The smallest absolute Gasteiger partial charge is 0.253 e. The van der Waals surface area contributed by atoms with Crippen LogP contribution >= 0.6 is 15.9 Å². The maximum atomic E-state index is 13.4. The first-order valence-electron chi connectivity index (χ1n) is 6.36. The molecule has 3 nitrogen and oxygen atoms in total. The van der Waals surface area contributed by atoms with Crippen LogP contribution in [0.25, 0.3) is 0 Å². The molecule has 0 N–H and O–H groups in total. The highest BCUT2D eigenvalue weighted by molar-refractivity contribution is 9.10. The monoisotopic (exact) mass is 328 g/mol. The Morgan fingerprint density at radius 2 is 2.32 bits per heavy atom. The van der Waals surface area contributed by atoms with Gasteiger partial charge in [-0.2, -0.15) is 0 Å². The van der Waals surface area contributed by atoms with E-state index in [4.69, 9.17) is 0 Å². The zero-order chi connectivity index (χ0) is 14.0. The molecule has 1 aromatic carbocycles. The molecule has 0 aromatic heterocycles. The molecule has 0 radical (unpaired) electrons. The predicted molar refractivity (Wildman–Crippen MR) is 76.7 cm³/mol. The Morgan fingerprint density at radius 1 is 1.58 bits per heavy atom. The van der Waals surface area contributed by atoms with Crippen molar-refractivity contribution >= 4 is 21.8 Å². The summed E-state index contributed by atoms with van der Waals surface area (Å²) in [6, 6.07) is 4.50. The summed E-state index contributed by atoms with van der Waals surface area (Å²) >= 11 is 3.09. The van der Waals surface area contributed by atoms with Gasteiger partial charge in [0.15, 0.2) is 0 Å². The van der Waals surface area contributed by atoms with Crippen LogP contribution in [-0.4, -0.2) is 49.4 Å². The summed E-state index contributed by atoms with van der Waals surface area (Å²) in [5.74, 6) is -0.0138. The van der Waals surface area contributed by atoms with Crippen molar-refractivity contribution in [1.82, 2.24) is 9.80 Å². The molecule has 1 aromatic rings. The molecule has 1 aliphatic rings. The maximum absolute atomic E-state index is 13.4. The van der Waals surface area contributed by atoms with Gasteiger partial charge in [0.1, 0.15) is 5.82 Å². The molecular formula is C14H18BrFN2O. The van der Waals surface area contributed by atoms with E-state index in [2.05, 4.69) is 27.9 Å². The van der Waals surface area contributed by atoms with Crippen LogP contribution in [0.3, 0.4) is 0 Å². The molecule has 0 unspecified atom stereocenters. The molecule has 19 heavy (non-hydrogen) atoms. The van der Waals surface area contributed by atoms with Crippen LogP contribution in [0, 0.1) is 11.7 Å². The zero-order valence-corrected chi connectivity index (χ0v) is 12.8. The Labute approximate surface area is 121 Å². The lowest BCUT2D eigenvalue weighted by Crippen LogP contribution is -2.32. The van der Waals surface area contributed by atoms with E-state index in [1.54, 1.807) is 24.1 Å². The largest absolute Gasteiger partial charge is 0.341 e. The Bertz CT molecular complexity index is 481. The number of hydrogen-bond acceptors (Lipinski definition) is 2. The van der Waals surface area contributed by atoms with Gasteiger partial charge in [0.2, 0.25) is 0 Å². The lowest BCUT2D eigenvalue weighted by Gasteiger charge is -2.21. The molecule has 1 atom stereocenters.